The number of benzene rings is 2. The molecule has 0 aliphatic rings. The van der Waals surface area contributed by atoms with Crippen LogP contribution in [0.4, 0.5) is 0 Å². The van der Waals surface area contributed by atoms with Gasteiger partial charge in [-0.3, -0.25) is 0 Å². The molecule has 3 nitrogen and oxygen atoms in total. The number of fused-ring (bicyclic) bond motifs is 3. The molecule has 3 aromatic rings. The van der Waals surface area contributed by atoms with E-state index in [9.17, 15) is 10.2 Å². The molecule has 0 spiro atoms. The minimum Gasteiger partial charge on any atom is -0.508 e. The molecule has 1 heterocycles. The molecule has 0 amide bonds. The zero-order chi connectivity index (χ0) is 10.4. The van der Waals surface area contributed by atoms with Gasteiger partial charge in [-0.15, -0.1) is 0 Å². The number of rotatable bonds is 0. The number of phenols is 2. The van der Waals surface area contributed by atoms with Crippen molar-refractivity contribution in [2.75, 3.05) is 0 Å². The molecule has 0 saturated carbocycles. The first kappa shape index (κ1) is 8.17. The summed E-state index contributed by atoms with van der Waals surface area (Å²) in [5.41, 5.74) is 1.82. The van der Waals surface area contributed by atoms with Crippen LogP contribution in [0.2, 0.25) is 0 Å². The number of aromatic hydroxyl groups is 2. The lowest BCUT2D eigenvalue weighted by Crippen LogP contribution is -1.67. The maximum atomic E-state index is 9.40. The Morgan fingerprint density at radius 2 is 1.47 bits per heavy atom. The van der Waals surface area contributed by atoms with Gasteiger partial charge in [-0.25, -0.2) is 0 Å². The normalized spacial score (nSPS) is 11.2. The van der Waals surface area contributed by atoms with Crippen LogP contribution in [0.25, 0.3) is 21.8 Å². The summed E-state index contributed by atoms with van der Waals surface area (Å²) in [6, 6.07) is 10.3. The molecular formula is C12H9NO2. The zero-order valence-corrected chi connectivity index (χ0v) is 7.86. The van der Waals surface area contributed by atoms with Crippen molar-refractivity contribution in [2.24, 2.45) is 0 Å². The molecule has 0 fully saturated rings. The van der Waals surface area contributed by atoms with E-state index in [-0.39, 0.29) is 11.5 Å². The third kappa shape index (κ3) is 1.13. The molecule has 0 atom stereocenters. The molecule has 3 heteroatoms. The molecule has 0 unspecified atom stereocenters. The Morgan fingerprint density at radius 3 is 2.33 bits per heavy atom. The molecule has 1 aromatic heterocycles. The second-order valence-electron chi connectivity index (χ2n) is 3.58. The van der Waals surface area contributed by atoms with Gasteiger partial charge >= 0.3 is 0 Å². The SMILES string of the molecule is Oc1ccc2c(c1)[nH]c1ccc(O)cc12. The highest BCUT2D eigenvalue weighted by Crippen LogP contribution is 2.29. The van der Waals surface area contributed by atoms with E-state index in [1.54, 1.807) is 24.3 Å². The van der Waals surface area contributed by atoms with Crippen molar-refractivity contribution in [1.82, 2.24) is 4.98 Å². The molecule has 15 heavy (non-hydrogen) atoms. The Labute approximate surface area is 85.6 Å². The van der Waals surface area contributed by atoms with Crippen LogP contribution in [-0.4, -0.2) is 15.2 Å². The number of aromatic nitrogens is 1. The third-order valence-electron chi connectivity index (χ3n) is 2.57. The smallest absolute Gasteiger partial charge is 0.117 e. The van der Waals surface area contributed by atoms with Crippen molar-refractivity contribution in [3.8, 4) is 11.5 Å². The summed E-state index contributed by atoms with van der Waals surface area (Å²) in [6.07, 6.45) is 0. The Balaban J connectivity index is 2.53. The lowest BCUT2D eigenvalue weighted by molar-refractivity contribution is 0.475. The second-order valence-corrected chi connectivity index (χ2v) is 3.58. The molecule has 0 saturated heterocycles. The van der Waals surface area contributed by atoms with Crippen LogP contribution < -0.4 is 0 Å². The van der Waals surface area contributed by atoms with Crippen molar-refractivity contribution in [3.05, 3.63) is 36.4 Å². The third-order valence-corrected chi connectivity index (χ3v) is 2.57. The van der Waals surface area contributed by atoms with Gasteiger partial charge in [-0.2, -0.15) is 0 Å². The average Bonchev–Trinajstić information content (AvgIpc) is 2.54. The van der Waals surface area contributed by atoms with Gasteiger partial charge in [0, 0.05) is 22.4 Å². The van der Waals surface area contributed by atoms with Gasteiger partial charge in [0.05, 0.1) is 5.52 Å². The predicted octanol–water partition coefficient (Wildman–Crippen LogP) is 2.73. The maximum absolute atomic E-state index is 9.40. The summed E-state index contributed by atoms with van der Waals surface area (Å²) in [4.78, 5) is 3.17. The van der Waals surface area contributed by atoms with Crippen LogP contribution in [0.15, 0.2) is 36.4 Å². The molecule has 0 bridgehead atoms. The molecule has 0 radical (unpaired) electrons. The fourth-order valence-corrected chi connectivity index (χ4v) is 1.88. The minimum absolute atomic E-state index is 0.235. The van der Waals surface area contributed by atoms with E-state index in [1.807, 2.05) is 12.1 Å². The van der Waals surface area contributed by atoms with E-state index in [4.69, 9.17) is 0 Å². The number of hydrogen-bond donors (Lipinski definition) is 3. The summed E-state index contributed by atoms with van der Waals surface area (Å²) < 4.78 is 0. The van der Waals surface area contributed by atoms with Gasteiger partial charge in [0.25, 0.3) is 0 Å². The first-order chi connectivity index (χ1) is 7.24. The van der Waals surface area contributed by atoms with Crippen molar-refractivity contribution in [3.63, 3.8) is 0 Å². The van der Waals surface area contributed by atoms with Gasteiger partial charge in [0.15, 0.2) is 0 Å². The average molecular weight is 199 g/mol. The summed E-state index contributed by atoms with van der Waals surface area (Å²) in [5, 5.41) is 20.7. The van der Waals surface area contributed by atoms with Gasteiger partial charge < -0.3 is 15.2 Å². The monoisotopic (exact) mass is 199 g/mol. The van der Waals surface area contributed by atoms with Crippen LogP contribution in [0.5, 0.6) is 11.5 Å². The summed E-state index contributed by atoms with van der Waals surface area (Å²) >= 11 is 0. The molecular weight excluding hydrogens is 190 g/mol. The van der Waals surface area contributed by atoms with Crippen LogP contribution in [0, 0.1) is 0 Å². The fourth-order valence-electron chi connectivity index (χ4n) is 1.88. The minimum atomic E-state index is 0.235. The standard InChI is InChI=1S/C12H9NO2/c14-7-2-4-11-10(5-7)9-3-1-8(15)6-12(9)13-11/h1-6,13-15H. The van der Waals surface area contributed by atoms with Gasteiger partial charge in [-0.05, 0) is 30.3 Å². The van der Waals surface area contributed by atoms with Gasteiger partial charge in [-0.1, -0.05) is 0 Å². The number of hydrogen-bond acceptors (Lipinski definition) is 2. The van der Waals surface area contributed by atoms with Crippen LogP contribution >= 0.6 is 0 Å². The molecule has 3 N–H and O–H groups in total. The number of aromatic amines is 1. The second kappa shape index (κ2) is 2.67. The maximum Gasteiger partial charge on any atom is 0.117 e. The summed E-state index contributed by atoms with van der Waals surface area (Å²) in [7, 11) is 0. The predicted molar refractivity (Wildman–Crippen MR) is 59.1 cm³/mol. The Bertz CT molecular complexity index is 655. The van der Waals surface area contributed by atoms with Gasteiger partial charge in [0.1, 0.15) is 11.5 Å². The fraction of sp³-hybridized carbons (Fsp3) is 0. The highest BCUT2D eigenvalue weighted by atomic mass is 16.3. The highest BCUT2D eigenvalue weighted by molar-refractivity contribution is 6.07. The summed E-state index contributed by atoms with van der Waals surface area (Å²) in [5.74, 6) is 0.481. The molecule has 2 aromatic carbocycles. The molecule has 0 aliphatic heterocycles. The van der Waals surface area contributed by atoms with Crippen LogP contribution in [0.1, 0.15) is 0 Å². The van der Waals surface area contributed by atoms with E-state index in [0.29, 0.717) is 0 Å². The van der Waals surface area contributed by atoms with E-state index in [2.05, 4.69) is 4.98 Å². The van der Waals surface area contributed by atoms with E-state index in [1.165, 1.54) is 0 Å². The van der Waals surface area contributed by atoms with E-state index < -0.39 is 0 Å². The van der Waals surface area contributed by atoms with Crippen molar-refractivity contribution >= 4 is 21.8 Å². The first-order valence-corrected chi connectivity index (χ1v) is 4.67. The number of H-pyrrole nitrogens is 1. The van der Waals surface area contributed by atoms with Crippen LogP contribution in [-0.2, 0) is 0 Å². The van der Waals surface area contributed by atoms with Gasteiger partial charge in [0.2, 0.25) is 0 Å². The van der Waals surface area contributed by atoms with Crippen molar-refractivity contribution in [2.45, 2.75) is 0 Å². The lowest BCUT2D eigenvalue weighted by Gasteiger charge is -1.93. The first-order valence-electron chi connectivity index (χ1n) is 4.67. The number of phenolic OH excluding ortho intramolecular Hbond substituents is 2. The Kier molecular flexibility index (Phi) is 1.45. The molecule has 3 rings (SSSR count). The quantitative estimate of drug-likeness (QED) is 0.521. The Hall–Kier alpha value is -2.16. The zero-order valence-electron chi connectivity index (χ0n) is 7.86. The van der Waals surface area contributed by atoms with E-state index in [0.717, 1.165) is 21.8 Å². The highest BCUT2D eigenvalue weighted by Gasteiger charge is 2.04. The largest absolute Gasteiger partial charge is 0.508 e. The lowest BCUT2D eigenvalue weighted by atomic mass is 10.1. The summed E-state index contributed by atoms with van der Waals surface area (Å²) in [6.45, 7) is 0. The molecule has 0 aliphatic carbocycles. The Morgan fingerprint density at radius 1 is 0.733 bits per heavy atom. The van der Waals surface area contributed by atoms with Crippen molar-refractivity contribution < 1.29 is 10.2 Å². The number of nitrogens with one attached hydrogen (secondary N) is 1. The van der Waals surface area contributed by atoms with Crippen molar-refractivity contribution in [1.29, 1.82) is 0 Å². The topological polar surface area (TPSA) is 56.2 Å². The van der Waals surface area contributed by atoms with E-state index >= 15 is 0 Å². The molecule has 74 valence electrons. The van der Waals surface area contributed by atoms with Crippen LogP contribution in [0.3, 0.4) is 0 Å².